The molecule has 0 aliphatic carbocycles. The Balaban J connectivity index is 0.000000165. The lowest BCUT2D eigenvalue weighted by molar-refractivity contribution is 0.103. The molecule has 2 fully saturated rings. The number of benzene rings is 3. The zero-order valence-electron chi connectivity index (χ0n) is 38.2. The number of nitrogens with one attached hydrogen (secondary N) is 1. The molecule has 8 heterocycles. The van der Waals surface area contributed by atoms with Gasteiger partial charge < -0.3 is 15.0 Å². The smallest absolute Gasteiger partial charge is 0.410 e. The van der Waals surface area contributed by atoms with Gasteiger partial charge in [0.15, 0.2) is 22.6 Å². The molecule has 2 aliphatic rings. The summed E-state index contributed by atoms with van der Waals surface area (Å²) in [6.45, 7) is 11.4. The molecule has 1 amide bonds. The Morgan fingerprint density at radius 2 is 1.13 bits per heavy atom. The number of aromatic nitrogens is 8. The third kappa shape index (κ3) is 7.98. The summed E-state index contributed by atoms with van der Waals surface area (Å²) in [5.74, 6) is 1.10. The van der Waals surface area contributed by atoms with Crippen molar-refractivity contribution < 1.29 is 26.4 Å². The second-order valence-corrected chi connectivity index (χ2v) is 21.3. The molecule has 6 aromatic heterocycles. The average molecular weight is 953 g/mol. The summed E-state index contributed by atoms with van der Waals surface area (Å²) >= 11 is 0. The van der Waals surface area contributed by atoms with Crippen LogP contribution in [0.4, 0.5) is 4.79 Å². The molecule has 2 unspecified atom stereocenters. The fourth-order valence-corrected chi connectivity index (χ4v) is 12.3. The summed E-state index contributed by atoms with van der Waals surface area (Å²) in [6.07, 6.45) is 11.7. The van der Waals surface area contributed by atoms with Crippen molar-refractivity contribution in [2.24, 2.45) is 11.8 Å². The first-order valence-electron chi connectivity index (χ1n) is 22.8. The summed E-state index contributed by atoms with van der Waals surface area (Å²) < 4.78 is 65.5. The second kappa shape index (κ2) is 18.0. The van der Waals surface area contributed by atoms with Gasteiger partial charge in [-0.05, 0) is 74.2 Å². The fourth-order valence-electron chi connectivity index (χ4n) is 9.74. The van der Waals surface area contributed by atoms with Gasteiger partial charge in [0.1, 0.15) is 6.61 Å². The monoisotopic (exact) mass is 952 g/mol. The highest BCUT2D eigenvalue weighted by molar-refractivity contribution is 7.90. The first-order chi connectivity index (χ1) is 32.9. The lowest BCUT2D eigenvalue weighted by Gasteiger charge is -2.17. The molecule has 0 spiro atoms. The molecule has 0 bridgehead atoms. The van der Waals surface area contributed by atoms with Crippen molar-refractivity contribution in [3.8, 4) is 0 Å². The quantitative estimate of drug-likeness (QED) is 0.141. The van der Waals surface area contributed by atoms with E-state index in [2.05, 4.69) is 43.5 Å². The van der Waals surface area contributed by atoms with E-state index >= 15 is 0 Å². The van der Waals surface area contributed by atoms with E-state index in [1.807, 2.05) is 67.0 Å². The van der Waals surface area contributed by atoms with Gasteiger partial charge in [-0.15, -0.1) is 0 Å². The van der Waals surface area contributed by atoms with Crippen LogP contribution in [-0.4, -0.2) is 90.7 Å². The minimum absolute atomic E-state index is 0.0110. The molecule has 2 saturated heterocycles. The van der Waals surface area contributed by atoms with Crippen LogP contribution in [0.1, 0.15) is 66.6 Å². The number of hydrogen-bond donors (Lipinski definition) is 1. The van der Waals surface area contributed by atoms with Gasteiger partial charge in [0.05, 0.1) is 33.2 Å². The Labute approximate surface area is 394 Å². The summed E-state index contributed by atoms with van der Waals surface area (Å²) in [5.41, 5.74) is 8.47. The van der Waals surface area contributed by atoms with Crippen molar-refractivity contribution in [3.05, 3.63) is 156 Å². The predicted octanol–water partition coefficient (Wildman–Crippen LogP) is 7.93. The molecule has 0 radical (unpaired) electrons. The number of carbonyl (C=O) groups is 1. The van der Waals surface area contributed by atoms with Crippen molar-refractivity contribution in [1.29, 1.82) is 0 Å². The van der Waals surface area contributed by atoms with Crippen LogP contribution < -0.4 is 5.32 Å². The number of hydrogen-bond acceptors (Lipinski definition) is 11. The minimum atomic E-state index is -3.84. The van der Waals surface area contributed by atoms with Crippen molar-refractivity contribution >= 4 is 59.8 Å². The number of nitrogens with zero attached hydrogens (tertiary/aromatic N) is 9. The van der Waals surface area contributed by atoms with Gasteiger partial charge >= 0.3 is 6.09 Å². The number of ether oxygens (including phenoxy) is 1. The Bertz CT molecular complexity index is 3530. The number of imidazole rings is 2. The van der Waals surface area contributed by atoms with Crippen molar-refractivity contribution in [2.75, 3.05) is 26.2 Å². The highest BCUT2D eigenvalue weighted by Crippen LogP contribution is 2.37. The first-order valence-corrected chi connectivity index (χ1v) is 25.7. The van der Waals surface area contributed by atoms with Gasteiger partial charge in [0, 0.05) is 67.6 Å². The van der Waals surface area contributed by atoms with Crippen molar-refractivity contribution in [1.82, 2.24) is 46.9 Å². The molecule has 0 saturated carbocycles. The highest BCUT2D eigenvalue weighted by atomic mass is 32.2. The van der Waals surface area contributed by atoms with E-state index in [1.54, 1.807) is 78.1 Å². The number of amides is 1. The van der Waals surface area contributed by atoms with E-state index in [1.165, 1.54) is 14.1 Å². The maximum Gasteiger partial charge on any atom is 0.410 e. The molecule has 18 heteroatoms. The first kappa shape index (κ1) is 44.9. The normalized spacial score (nSPS) is 18.7. The molecule has 16 nitrogen and oxygen atoms in total. The van der Waals surface area contributed by atoms with E-state index in [4.69, 9.17) is 4.74 Å². The second-order valence-electron chi connectivity index (χ2n) is 17.7. The lowest BCUT2D eigenvalue weighted by atomic mass is 9.91. The molecule has 3 aromatic carbocycles. The van der Waals surface area contributed by atoms with Gasteiger partial charge in [-0.2, -0.15) is 0 Å². The zero-order valence-corrected chi connectivity index (χ0v) is 39.8. The molecule has 1 N–H and O–H groups in total. The summed E-state index contributed by atoms with van der Waals surface area (Å²) in [4.78, 5) is 33.2. The van der Waals surface area contributed by atoms with E-state index in [0.29, 0.717) is 47.4 Å². The average Bonchev–Trinajstić information content (AvgIpc) is 4.21. The van der Waals surface area contributed by atoms with Crippen molar-refractivity contribution in [2.45, 2.75) is 68.8 Å². The van der Waals surface area contributed by atoms with Crippen LogP contribution in [0.2, 0.25) is 0 Å². The number of aryl methyl sites for hydroxylation is 2. The SMILES string of the molecule is CC[C@@H]1CN(C(=O)OCc2ccccc2)CC1c1cnc2cnc3c(ccn3S(=O)(=O)c3ccc(C)cc3)n12.CC[C@@H]1CNCC1c1cnc2cnc3c(ccn3S(=O)(=O)c3ccc(C)cc3)n12. The Hall–Kier alpha value is -6.89. The zero-order chi connectivity index (χ0) is 47.3. The number of carbonyl (C=O) groups excluding carboxylic acids is 1. The maximum absolute atomic E-state index is 13.5. The van der Waals surface area contributed by atoms with Crippen LogP contribution in [-0.2, 0) is 31.4 Å². The molecule has 350 valence electrons. The topological polar surface area (TPSA) is 180 Å². The third-order valence-electron chi connectivity index (χ3n) is 13.5. The standard InChI is InChI=1S/C29H29N5O4S.C21H23N5O2S/c1-3-22-17-32(29(35)38-19-21-7-5-4-6-8-21)18-24(22)26-15-30-27-16-31-28-25(34(26)27)13-14-33(28)39(36,37)23-11-9-20(2)10-12-23;1-3-15-10-22-11-17(15)19-12-23-20-13-24-21-18(26(19)20)8-9-25(21)29(27,28)16-6-4-14(2)5-7-16/h4-16,22,24H,3,17-19H2,1-2H3;4-9,12-13,15,17,22H,3,10-11H2,1-2H3/t22-,24?;15-,17?/m11/s1. The molecular weight excluding hydrogens is 901 g/mol. The Morgan fingerprint density at radius 1 is 0.618 bits per heavy atom. The van der Waals surface area contributed by atoms with Crippen molar-refractivity contribution in [3.63, 3.8) is 0 Å². The largest absolute Gasteiger partial charge is 0.445 e. The molecule has 68 heavy (non-hydrogen) atoms. The fraction of sp³-hybridized carbons (Fsp3) is 0.300. The summed E-state index contributed by atoms with van der Waals surface area (Å²) in [6, 6.07) is 26.8. The van der Waals surface area contributed by atoms with E-state index in [9.17, 15) is 21.6 Å². The number of fused-ring (bicyclic) bond motifs is 6. The predicted molar refractivity (Wildman–Crippen MR) is 259 cm³/mol. The molecule has 11 rings (SSSR count). The number of rotatable bonds is 10. The van der Waals surface area contributed by atoms with Crippen LogP contribution in [0, 0.1) is 25.7 Å². The molecule has 9 aromatic rings. The number of likely N-dealkylation sites (tertiary alicyclic amines) is 1. The van der Waals surface area contributed by atoms with E-state index in [0.717, 1.165) is 65.2 Å². The van der Waals surface area contributed by atoms with E-state index in [-0.39, 0.29) is 34.3 Å². The Kier molecular flexibility index (Phi) is 11.9. The Morgan fingerprint density at radius 3 is 1.65 bits per heavy atom. The summed E-state index contributed by atoms with van der Waals surface area (Å²) in [7, 11) is -7.57. The molecule has 2 aliphatic heterocycles. The summed E-state index contributed by atoms with van der Waals surface area (Å²) in [5, 5.41) is 3.47. The van der Waals surface area contributed by atoms with Crippen LogP contribution in [0.25, 0.3) is 33.6 Å². The van der Waals surface area contributed by atoms with E-state index < -0.39 is 20.0 Å². The lowest BCUT2D eigenvalue weighted by Crippen LogP contribution is -2.29. The van der Waals surface area contributed by atoms with Gasteiger partial charge in [0.25, 0.3) is 20.0 Å². The van der Waals surface area contributed by atoms with Crippen LogP contribution in [0.5, 0.6) is 0 Å². The van der Waals surface area contributed by atoms with Gasteiger partial charge in [0.2, 0.25) is 0 Å². The maximum atomic E-state index is 13.5. The van der Waals surface area contributed by atoms with Gasteiger partial charge in [-0.3, -0.25) is 8.80 Å². The van der Waals surface area contributed by atoms with Crippen LogP contribution >= 0.6 is 0 Å². The minimum Gasteiger partial charge on any atom is -0.445 e. The molecule has 4 atom stereocenters. The van der Waals surface area contributed by atoms with Crippen LogP contribution in [0.15, 0.2) is 138 Å². The van der Waals surface area contributed by atoms with Crippen LogP contribution in [0.3, 0.4) is 0 Å². The highest BCUT2D eigenvalue weighted by Gasteiger charge is 2.38. The van der Waals surface area contributed by atoms with Gasteiger partial charge in [-0.1, -0.05) is 92.4 Å². The third-order valence-corrected chi connectivity index (χ3v) is 16.9. The van der Waals surface area contributed by atoms with Gasteiger partial charge in [-0.25, -0.2) is 49.5 Å². The molecular formula is C50H52N10O6S2.